The number of aromatic nitrogens is 7. The third-order valence-corrected chi connectivity index (χ3v) is 6.38. The van der Waals surface area contributed by atoms with E-state index in [9.17, 15) is 4.79 Å². The fraction of sp³-hybridized carbons (Fsp3) is 0.632. The first-order chi connectivity index (χ1) is 14.1. The van der Waals surface area contributed by atoms with Crippen LogP contribution >= 0.6 is 11.8 Å². The van der Waals surface area contributed by atoms with Crippen LogP contribution in [0.15, 0.2) is 11.0 Å². The van der Waals surface area contributed by atoms with Crippen molar-refractivity contribution >= 4 is 22.9 Å². The van der Waals surface area contributed by atoms with E-state index in [2.05, 4.69) is 57.2 Å². The van der Waals surface area contributed by atoms with Crippen LogP contribution < -0.4 is 5.56 Å². The van der Waals surface area contributed by atoms with Crippen molar-refractivity contribution in [3.05, 3.63) is 33.6 Å². The highest BCUT2D eigenvalue weighted by Crippen LogP contribution is 2.25. The van der Waals surface area contributed by atoms with Gasteiger partial charge >= 0.3 is 0 Å². The van der Waals surface area contributed by atoms with Crippen LogP contribution in [0.5, 0.6) is 0 Å². The number of nitrogens with one attached hydrogen (secondary N) is 1. The van der Waals surface area contributed by atoms with Gasteiger partial charge < -0.3 is 4.98 Å². The lowest BCUT2D eigenvalue weighted by atomic mass is 10.0. The molecule has 0 bridgehead atoms. The molecule has 0 saturated carbocycles. The zero-order valence-electron chi connectivity index (χ0n) is 17.3. The summed E-state index contributed by atoms with van der Waals surface area (Å²) in [7, 11) is 0. The zero-order valence-corrected chi connectivity index (χ0v) is 18.1. The Morgan fingerprint density at radius 1 is 1.28 bits per heavy atom. The lowest BCUT2D eigenvalue weighted by molar-refractivity contribution is 0.174. The number of hydrogen-bond donors (Lipinski definition) is 1. The number of fused-ring (bicyclic) bond motifs is 1. The molecule has 1 aliphatic rings. The molecule has 1 fully saturated rings. The van der Waals surface area contributed by atoms with Gasteiger partial charge in [-0.25, -0.2) is 9.67 Å². The maximum atomic E-state index is 12.3. The number of hydrogen-bond acceptors (Lipinski definition) is 7. The first-order valence-corrected chi connectivity index (χ1v) is 11.4. The van der Waals surface area contributed by atoms with Gasteiger partial charge in [-0.15, -0.1) is 5.10 Å². The second-order valence-electron chi connectivity index (χ2n) is 7.46. The van der Waals surface area contributed by atoms with Gasteiger partial charge in [-0.2, -0.15) is 16.9 Å². The average Bonchev–Trinajstić information content (AvgIpc) is 3.31. The van der Waals surface area contributed by atoms with E-state index in [1.165, 1.54) is 5.56 Å². The molecule has 0 aromatic carbocycles. The summed E-state index contributed by atoms with van der Waals surface area (Å²) in [5.74, 6) is 2.36. The Labute approximate surface area is 173 Å². The van der Waals surface area contributed by atoms with Gasteiger partial charge in [0.05, 0.1) is 17.5 Å². The van der Waals surface area contributed by atoms with Crippen molar-refractivity contribution in [2.24, 2.45) is 0 Å². The van der Waals surface area contributed by atoms with Crippen LogP contribution in [0.25, 0.3) is 11.2 Å². The summed E-state index contributed by atoms with van der Waals surface area (Å²) in [6.07, 6.45) is 4.08. The number of rotatable bonds is 7. The molecule has 0 aliphatic carbocycles. The molecule has 0 unspecified atom stereocenters. The standard InChI is InChI=1S/C19H28N8OS/c1-4-26-11-14(13(3)23-26)10-25-8-6-15(7-9-25)27-18-17(22-24-27)19(28)21-16(20-18)12-29-5-2/h11,15H,4-10,12H2,1-3H3,(H,20,21,28). The summed E-state index contributed by atoms with van der Waals surface area (Å²) < 4.78 is 3.86. The Bertz CT molecular complexity index is 1030. The second-order valence-corrected chi connectivity index (χ2v) is 8.73. The molecule has 10 heteroatoms. The zero-order chi connectivity index (χ0) is 20.4. The van der Waals surface area contributed by atoms with E-state index in [0.29, 0.717) is 22.7 Å². The number of aryl methyl sites for hydroxylation is 2. The Hall–Kier alpha value is -2.20. The first kappa shape index (κ1) is 20.1. The van der Waals surface area contributed by atoms with Crippen molar-refractivity contribution in [1.29, 1.82) is 0 Å². The van der Waals surface area contributed by atoms with Crippen LogP contribution in [0, 0.1) is 6.92 Å². The molecule has 4 rings (SSSR count). The van der Waals surface area contributed by atoms with Crippen molar-refractivity contribution in [3.8, 4) is 0 Å². The van der Waals surface area contributed by atoms with Crippen LogP contribution in [0.3, 0.4) is 0 Å². The SMILES string of the molecule is CCSCc1nc2c(nnn2C2CCN(Cc3cn(CC)nc3C)CC2)c(=O)[nH]1. The molecule has 156 valence electrons. The minimum Gasteiger partial charge on any atom is -0.308 e. The monoisotopic (exact) mass is 416 g/mol. The Kier molecular flexibility index (Phi) is 6.00. The van der Waals surface area contributed by atoms with Crippen LogP contribution in [-0.2, 0) is 18.8 Å². The molecule has 3 aromatic heterocycles. The van der Waals surface area contributed by atoms with Gasteiger partial charge in [-0.1, -0.05) is 12.1 Å². The molecule has 1 saturated heterocycles. The normalized spacial score (nSPS) is 16.1. The smallest absolute Gasteiger partial charge is 0.281 e. The lowest BCUT2D eigenvalue weighted by Crippen LogP contribution is -2.34. The number of nitrogens with zero attached hydrogens (tertiary/aromatic N) is 7. The van der Waals surface area contributed by atoms with E-state index in [-0.39, 0.29) is 11.6 Å². The molecule has 1 aliphatic heterocycles. The van der Waals surface area contributed by atoms with Crippen LogP contribution in [0.4, 0.5) is 0 Å². The summed E-state index contributed by atoms with van der Waals surface area (Å²) >= 11 is 1.73. The van der Waals surface area contributed by atoms with Gasteiger partial charge in [-0.3, -0.25) is 14.4 Å². The van der Waals surface area contributed by atoms with Gasteiger partial charge in [0.15, 0.2) is 11.2 Å². The van der Waals surface area contributed by atoms with Gasteiger partial charge in [-0.05, 0) is 32.4 Å². The molecule has 9 nitrogen and oxygen atoms in total. The van der Waals surface area contributed by atoms with Crippen LogP contribution in [-0.4, -0.2) is 58.5 Å². The lowest BCUT2D eigenvalue weighted by Gasteiger charge is -2.31. The maximum Gasteiger partial charge on any atom is 0.281 e. The fourth-order valence-corrected chi connectivity index (χ4v) is 4.37. The van der Waals surface area contributed by atoms with Gasteiger partial charge in [0, 0.05) is 37.9 Å². The van der Waals surface area contributed by atoms with E-state index in [1.54, 1.807) is 11.8 Å². The number of piperidine rings is 1. The van der Waals surface area contributed by atoms with Gasteiger partial charge in [0.25, 0.3) is 5.56 Å². The highest BCUT2D eigenvalue weighted by atomic mass is 32.2. The molecule has 4 heterocycles. The van der Waals surface area contributed by atoms with Crippen LogP contribution in [0.2, 0.25) is 0 Å². The Morgan fingerprint density at radius 3 is 2.76 bits per heavy atom. The minimum atomic E-state index is -0.200. The topological polar surface area (TPSA) is 97.5 Å². The van der Waals surface area contributed by atoms with Crippen molar-refractivity contribution in [2.75, 3.05) is 18.8 Å². The largest absolute Gasteiger partial charge is 0.308 e. The van der Waals surface area contributed by atoms with E-state index in [1.807, 2.05) is 9.36 Å². The number of aromatic amines is 1. The minimum absolute atomic E-state index is 0.200. The third-order valence-electron chi connectivity index (χ3n) is 5.50. The molecule has 29 heavy (non-hydrogen) atoms. The number of likely N-dealkylation sites (tertiary alicyclic amines) is 1. The van der Waals surface area contributed by atoms with Crippen molar-refractivity contribution in [1.82, 2.24) is 39.6 Å². The summed E-state index contributed by atoms with van der Waals surface area (Å²) in [5, 5.41) is 12.9. The van der Waals surface area contributed by atoms with Crippen molar-refractivity contribution < 1.29 is 0 Å². The quantitative estimate of drug-likeness (QED) is 0.630. The van der Waals surface area contributed by atoms with E-state index < -0.39 is 0 Å². The molecule has 0 spiro atoms. The predicted molar refractivity (Wildman–Crippen MR) is 114 cm³/mol. The third kappa shape index (κ3) is 4.23. The molecule has 0 amide bonds. The summed E-state index contributed by atoms with van der Waals surface area (Å²) in [4.78, 5) is 22.3. The van der Waals surface area contributed by atoms with E-state index >= 15 is 0 Å². The maximum absolute atomic E-state index is 12.3. The van der Waals surface area contributed by atoms with Crippen molar-refractivity contribution in [3.63, 3.8) is 0 Å². The summed E-state index contributed by atoms with van der Waals surface area (Å²) in [6.45, 7) is 10.0. The predicted octanol–water partition coefficient (Wildman–Crippen LogP) is 2.13. The molecular formula is C19H28N8OS. The van der Waals surface area contributed by atoms with Gasteiger partial charge in [0.1, 0.15) is 5.82 Å². The van der Waals surface area contributed by atoms with Crippen molar-refractivity contribution in [2.45, 2.75) is 58.5 Å². The number of thioether (sulfide) groups is 1. The number of H-pyrrole nitrogens is 1. The summed E-state index contributed by atoms with van der Waals surface area (Å²) in [6, 6.07) is 0.219. The Morgan fingerprint density at radius 2 is 2.07 bits per heavy atom. The first-order valence-electron chi connectivity index (χ1n) is 10.3. The average molecular weight is 417 g/mol. The molecular weight excluding hydrogens is 388 g/mol. The summed E-state index contributed by atoms with van der Waals surface area (Å²) in [5.41, 5.74) is 3.15. The second kappa shape index (κ2) is 8.66. The van der Waals surface area contributed by atoms with E-state index in [0.717, 1.165) is 50.5 Å². The molecule has 0 atom stereocenters. The van der Waals surface area contributed by atoms with E-state index in [4.69, 9.17) is 0 Å². The van der Waals surface area contributed by atoms with Gasteiger partial charge in [0.2, 0.25) is 0 Å². The molecule has 3 aromatic rings. The highest BCUT2D eigenvalue weighted by molar-refractivity contribution is 7.98. The molecule has 1 N–H and O–H groups in total. The highest BCUT2D eigenvalue weighted by Gasteiger charge is 2.25. The van der Waals surface area contributed by atoms with Crippen LogP contribution in [0.1, 0.15) is 49.8 Å². The Balaban J connectivity index is 1.46. The molecule has 0 radical (unpaired) electrons. The fourth-order valence-electron chi connectivity index (χ4n) is 3.84.